The van der Waals surface area contributed by atoms with E-state index in [9.17, 15) is 0 Å². The fourth-order valence-corrected chi connectivity index (χ4v) is 4.66. The first-order chi connectivity index (χ1) is 6.84. The Morgan fingerprint density at radius 2 is 2.00 bits per heavy atom. The molecule has 1 aliphatic rings. The Morgan fingerprint density at radius 3 is 2.64 bits per heavy atom. The zero-order chi connectivity index (χ0) is 9.80. The van der Waals surface area contributed by atoms with Crippen molar-refractivity contribution in [3.8, 4) is 0 Å². The molecule has 0 spiro atoms. The lowest BCUT2D eigenvalue weighted by Crippen LogP contribution is -2.20. The third-order valence-electron chi connectivity index (χ3n) is 2.32. The van der Waals surface area contributed by atoms with E-state index in [1.807, 2.05) is 0 Å². The second kappa shape index (κ2) is 4.57. The molecule has 0 saturated heterocycles. The summed E-state index contributed by atoms with van der Waals surface area (Å²) in [6.07, 6.45) is 4.68. The van der Waals surface area contributed by atoms with Crippen molar-refractivity contribution in [3.63, 3.8) is 0 Å². The van der Waals surface area contributed by atoms with Crippen molar-refractivity contribution in [3.05, 3.63) is 42.5 Å². The van der Waals surface area contributed by atoms with Crippen molar-refractivity contribution in [2.45, 2.75) is 6.92 Å². The van der Waals surface area contributed by atoms with Crippen molar-refractivity contribution in [1.82, 2.24) is 0 Å². The molecule has 1 unspecified atom stereocenters. The summed E-state index contributed by atoms with van der Waals surface area (Å²) in [6.45, 7) is 2.26. The van der Waals surface area contributed by atoms with Gasteiger partial charge in [0.1, 0.15) is 0 Å². The molecule has 1 atom stereocenters. The second-order valence-corrected chi connectivity index (χ2v) is 7.31. The van der Waals surface area contributed by atoms with Gasteiger partial charge in [-0.25, -0.2) is 0 Å². The summed E-state index contributed by atoms with van der Waals surface area (Å²) < 4.78 is 0. The molecule has 70 valence electrons. The first-order valence-electron chi connectivity index (χ1n) is 4.98. The number of rotatable bonds is 1. The molecule has 0 radical (unpaired) electrons. The van der Waals surface area contributed by atoms with E-state index in [2.05, 4.69) is 55.1 Å². The molecule has 2 heteroatoms. The van der Waals surface area contributed by atoms with Crippen molar-refractivity contribution >= 4 is 33.9 Å². The molecule has 1 aromatic rings. The highest BCUT2D eigenvalue weighted by Gasteiger charge is 1.97. The van der Waals surface area contributed by atoms with Crippen LogP contribution in [0.5, 0.6) is 0 Å². The molecule has 0 saturated carbocycles. The van der Waals surface area contributed by atoms with E-state index < -0.39 is 0 Å². The maximum absolute atomic E-state index is 2.48. The number of hydrogen-bond donors (Lipinski definition) is 0. The lowest BCUT2D eigenvalue weighted by molar-refractivity contribution is 1.04. The van der Waals surface area contributed by atoms with Crippen LogP contribution in [0.2, 0.25) is 0 Å². The third kappa shape index (κ3) is 2.56. The van der Waals surface area contributed by atoms with E-state index in [1.54, 1.807) is 4.79 Å². The highest BCUT2D eigenvalue weighted by molar-refractivity contribution is 6.99. The maximum atomic E-state index is 2.48. The lowest BCUT2D eigenvalue weighted by Gasteiger charge is -2.05. The maximum Gasteiger partial charge on any atom is 0.0325 e. The van der Waals surface area contributed by atoms with E-state index >= 15 is 0 Å². The Bertz CT molecular complexity index is 372. The van der Waals surface area contributed by atoms with Gasteiger partial charge < -0.3 is 0 Å². The molecule has 0 aromatic heterocycles. The first kappa shape index (κ1) is 9.68. The number of benzene rings is 1. The van der Waals surface area contributed by atoms with Crippen LogP contribution >= 0.6 is 0 Å². The van der Waals surface area contributed by atoms with Crippen molar-refractivity contribution in [2.24, 2.45) is 5.92 Å². The fraction of sp³-hybridized carbons (Fsp3) is 0.167. The van der Waals surface area contributed by atoms with Crippen LogP contribution in [0.3, 0.4) is 0 Å². The van der Waals surface area contributed by atoms with Gasteiger partial charge >= 0.3 is 0 Å². The summed E-state index contributed by atoms with van der Waals surface area (Å²) in [5.41, 5.74) is 2.48. The minimum atomic E-state index is 0.367. The molecule has 0 fully saturated rings. The molecule has 0 N–H and O–H groups in total. The Morgan fingerprint density at radius 1 is 1.21 bits per heavy atom. The average Bonchev–Trinajstić information content (AvgIpc) is 2.23. The molecule has 2 rings (SSSR count). The lowest BCUT2D eigenvalue weighted by atomic mass is 10.2. The van der Waals surface area contributed by atoms with Crippen molar-refractivity contribution in [2.75, 3.05) is 0 Å². The van der Waals surface area contributed by atoms with Crippen LogP contribution in [0.15, 0.2) is 42.5 Å². The van der Waals surface area contributed by atoms with Gasteiger partial charge in [-0.15, -0.1) is 0 Å². The third-order valence-corrected chi connectivity index (χ3v) is 6.02. The molecule has 1 aliphatic heterocycles. The zero-order valence-electron chi connectivity index (χ0n) is 8.35. The quantitative estimate of drug-likeness (QED) is 0.591. The molecular weight excluding hydrogens is 200 g/mol. The minimum Gasteiger partial charge on any atom is -0.0959 e. The standard InChI is InChI=1S/C12H14Si2/c1-10-7-8-12(13-9-10)14-11-5-3-2-4-6-11/h2-10,13-14H,1H3. The summed E-state index contributed by atoms with van der Waals surface area (Å²) in [4.78, 5) is 1.69. The highest BCUT2D eigenvalue weighted by Crippen LogP contribution is 1.95. The SMILES string of the molecule is CC1C=CC(=[SiH]c2ccccc2)[SiH]=C1. The Labute approximate surface area is 89.6 Å². The van der Waals surface area contributed by atoms with Crippen LogP contribution in [0.1, 0.15) is 6.92 Å². The van der Waals surface area contributed by atoms with Gasteiger partial charge in [-0.2, -0.15) is 0 Å². The molecule has 0 bridgehead atoms. The molecule has 0 aliphatic carbocycles. The van der Waals surface area contributed by atoms with Crippen molar-refractivity contribution < 1.29 is 0 Å². The minimum absolute atomic E-state index is 0.367. The molecule has 14 heavy (non-hydrogen) atoms. The molecule has 1 aromatic carbocycles. The molecular formula is C12H14Si2. The average molecular weight is 214 g/mol. The van der Waals surface area contributed by atoms with Gasteiger partial charge in [0.25, 0.3) is 0 Å². The van der Waals surface area contributed by atoms with Gasteiger partial charge in [0.15, 0.2) is 0 Å². The summed E-state index contributed by atoms with van der Waals surface area (Å²) in [5, 5.41) is 1.52. The van der Waals surface area contributed by atoms with Gasteiger partial charge in [0, 0.05) is 18.3 Å². The smallest absolute Gasteiger partial charge is 0.0325 e. The number of allylic oxidation sites excluding steroid dienone is 2. The zero-order valence-corrected chi connectivity index (χ0v) is 10.7. The largest absolute Gasteiger partial charge is 0.0959 e. The predicted octanol–water partition coefficient (Wildman–Crippen LogP) is 0.323. The van der Waals surface area contributed by atoms with E-state index in [-0.39, 0.29) is 0 Å². The van der Waals surface area contributed by atoms with E-state index in [0.717, 1.165) is 0 Å². The summed E-state index contributed by atoms with van der Waals surface area (Å²) >= 11 is 0. The van der Waals surface area contributed by atoms with Gasteiger partial charge in [-0.1, -0.05) is 59.9 Å². The van der Waals surface area contributed by atoms with E-state index in [1.165, 1.54) is 5.19 Å². The van der Waals surface area contributed by atoms with Crippen LogP contribution in [0, 0.1) is 5.92 Å². The van der Waals surface area contributed by atoms with Crippen molar-refractivity contribution in [1.29, 1.82) is 0 Å². The molecule has 0 amide bonds. The second-order valence-electron chi connectivity index (χ2n) is 3.63. The molecule has 0 nitrogen and oxygen atoms in total. The highest BCUT2D eigenvalue weighted by atomic mass is 28.2. The first-order valence-corrected chi connectivity index (χ1v) is 7.37. The van der Waals surface area contributed by atoms with Crippen LogP contribution in [0.25, 0.3) is 0 Å². The number of hydrogen-bond acceptors (Lipinski definition) is 0. The van der Waals surface area contributed by atoms with Gasteiger partial charge in [-0.05, 0) is 11.1 Å². The van der Waals surface area contributed by atoms with Gasteiger partial charge in [0.05, 0.1) is 0 Å². The fourth-order valence-electron chi connectivity index (χ4n) is 1.48. The van der Waals surface area contributed by atoms with Gasteiger partial charge in [-0.3, -0.25) is 0 Å². The molecule has 1 heterocycles. The summed E-state index contributed by atoms with van der Waals surface area (Å²) in [5.74, 6) is 0.698. The Balaban J connectivity index is 2.21. The summed E-state index contributed by atoms with van der Waals surface area (Å²) in [6, 6.07) is 10.8. The normalized spacial score (nSPS) is 22.9. The van der Waals surface area contributed by atoms with Crippen LogP contribution in [-0.2, 0) is 0 Å². The Kier molecular flexibility index (Phi) is 3.16. The van der Waals surface area contributed by atoms with Crippen LogP contribution in [-0.4, -0.2) is 28.7 Å². The topological polar surface area (TPSA) is 0 Å². The van der Waals surface area contributed by atoms with E-state index in [0.29, 0.717) is 24.2 Å². The Hall–Kier alpha value is -0.866. The monoisotopic (exact) mass is 214 g/mol. The van der Waals surface area contributed by atoms with Crippen LogP contribution in [0.4, 0.5) is 0 Å². The van der Waals surface area contributed by atoms with Gasteiger partial charge in [0.2, 0.25) is 0 Å². The van der Waals surface area contributed by atoms with Crippen LogP contribution < -0.4 is 5.19 Å². The summed E-state index contributed by atoms with van der Waals surface area (Å²) in [7, 11) is 0.824. The predicted molar refractivity (Wildman–Crippen MR) is 69.7 cm³/mol. The van der Waals surface area contributed by atoms with E-state index in [4.69, 9.17) is 0 Å².